The molecule has 0 bridgehead atoms. The van der Waals surface area contributed by atoms with Crippen LogP contribution in [0, 0.1) is 5.82 Å². The van der Waals surface area contributed by atoms with Gasteiger partial charge in [-0.05, 0) is 30.5 Å². The average Bonchev–Trinajstić information content (AvgIpc) is 2.85. The largest absolute Gasteiger partial charge is 0.367 e. The highest BCUT2D eigenvalue weighted by molar-refractivity contribution is 5.74. The van der Waals surface area contributed by atoms with Crippen LogP contribution in [0.15, 0.2) is 28.8 Å². The molecule has 0 unspecified atom stereocenters. The summed E-state index contributed by atoms with van der Waals surface area (Å²) in [5.74, 6) is 0.0499. The van der Waals surface area contributed by atoms with Crippen molar-refractivity contribution in [3.05, 3.63) is 35.8 Å². The zero-order valence-corrected chi connectivity index (χ0v) is 12.6. The van der Waals surface area contributed by atoms with Gasteiger partial charge < -0.3 is 10.3 Å². The van der Waals surface area contributed by atoms with Gasteiger partial charge in [-0.15, -0.1) is 0 Å². The van der Waals surface area contributed by atoms with E-state index >= 15 is 0 Å². The maximum absolute atomic E-state index is 13.0. The fraction of sp³-hybridized carbons (Fsp3) is 0.471. The molecule has 0 aliphatic carbocycles. The van der Waals surface area contributed by atoms with E-state index in [-0.39, 0.29) is 5.82 Å². The molecule has 0 saturated heterocycles. The van der Waals surface area contributed by atoms with E-state index in [2.05, 4.69) is 12.1 Å². The minimum atomic E-state index is -0.258. The van der Waals surface area contributed by atoms with Crippen LogP contribution in [0.1, 0.15) is 51.1 Å². The molecule has 1 aromatic carbocycles. The smallest absolute Gasteiger partial charge is 0.230 e. The van der Waals surface area contributed by atoms with Gasteiger partial charge in [0, 0.05) is 0 Å². The zero-order valence-electron chi connectivity index (χ0n) is 12.6. The van der Waals surface area contributed by atoms with Crippen LogP contribution in [0.3, 0.4) is 0 Å². The number of hydrogen-bond acceptors (Lipinski definition) is 3. The number of nitrogen functional groups attached to an aromatic ring is 1. The molecular weight excluding hydrogens is 267 g/mol. The molecule has 3 nitrogen and oxygen atoms in total. The molecule has 0 amide bonds. The van der Waals surface area contributed by atoms with Gasteiger partial charge in [0.05, 0.1) is 11.3 Å². The highest BCUT2D eigenvalue weighted by Gasteiger charge is 2.15. The Kier molecular flexibility index (Phi) is 5.78. The summed E-state index contributed by atoms with van der Waals surface area (Å²) in [6.07, 6.45) is 8.22. The first-order valence-electron chi connectivity index (χ1n) is 7.72. The number of aryl methyl sites for hydroxylation is 1. The van der Waals surface area contributed by atoms with Crippen LogP contribution >= 0.6 is 0 Å². The fourth-order valence-electron chi connectivity index (χ4n) is 2.51. The van der Waals surface area contributed by atoms with Crippen molar-refractivity contribution in [3.8, 4) is 11.1 Å². The molecule has 114 valence electrons. The van der Waals surface area contributed by atoms with Crippen molar-refractivity contribution in [2.24, 2.45) is 0 Å². The van der Waals surface area contributed by atoms with Gasteiger partial charge in [0.1, 0.15) is 5.82 Å². The molecule has 21 heavy (non-hydrogen) atoms. The number of rotatable bonds is 8. The van der Waals surface area contributed by atoms with Crippen molar-refractivity contribution < 1.29 is 8.91 Å². The van der Waals surface area contributed by atoms with Crippen molar-refractivity contribution in [2.75, 3.05) is 5.73 Å². The number of halogens is 1. The highest BCUT2D eigenvalue weighted by atomic mass is 19.1. The van der Waals surface area contributed by atoms with Crippen molar-refractivity contribution >= 4 is 5.88 Å². The number of hydrogen-bond donors (Lipinski definition) is 1. The molecule has 0 radical (unpaired) electrons. The lowest BCUT2D eigenvalue weighted by molar-refractivity contribution is 0.425. The van der Waals surface area contributed by atoms with E-state index in [4.69, 9.17) is 10.3 Å². The predicted molar refractivity (Wildman–Crippen MR) is 83.4 cm³/mol. The minimum absolute atomic E-state index is 0.258. The molecule has 2 aromatic rings. The van der Waals surface area contributed by atoms with Gasteiger partial charge in [-0.2, -0.15) is 0 Å². The van der Waals surface area contributed by atoms with E-state index in [1.165, 1.54) is 44.2 Å². The lowest BCUT2D eigenvalue weighted by atomic mass is 10.0. The standard InChI is InChI=1S/C17H23FN2O/c1-2-3-4-5-6-7-8-15-16(17(19)21-20-15)13-9-11-14(18)12-10-13/h9-12H,2-8,19H2,1H3. The number of anilines is 1. The van der Waals surface area contributed by atoms with Gasteiger partial charge in [-0.1, -0.05) is 56.3 Å². The van der Waals surface area contributed by atoms with Gasteiger partial charge in [0.25, 0.3) is 0 Å². The summed E-state index contributed by atoms with van der Waals surface area (Å²) < 4.78 is 18.1. The Morgan fingerprint density at radius 1 is 1.05 bits per heavy atom. The van der Waals surface area contributed by atoms with Crippen molar-refractivity contribution in [2.45, 2.75) is 51.9 Å². The Labute approximate surface area is 125 Å². The SMILES string of the molecule is CCCCCCCCc1noc(N)c1-c1ccc(F)cc1. The molecule has 0 fully saturated rings. The van der Waals surface area contributed by atoms with Gasteiger partial charge in [-0.25, -0.2) is 4.39 Å². The van der Waals surface area contributed by atoms with Crippen LogP contribution in [-0.4, -0.2) is 5.16 Å². The Morgan fingerprint density at radius 3 is 2.43 bits per heavy atom. The second-order valence-corrected chi connectivity index (χ2v) is 5.39. The first-order valence-corrected chi connectivity index (χ1v) is 7.72. The molecule has 2 N–H and O–H groups in total. The summed E-state index contributed by atoms with van der Waals surface area (Å²) in [5.41, 5.74) is 8.39. The summed E-state index contributed by atoms with van der Waals surface area (Å²) in [4.78, 5) is 0. The Hall–Kier alpha value is -1.84. The monoisotopic (exact) mass is 290 g/mol. The summed E-state index contributed by atoms with van der Waals surface area (Å²) in [5, 5.41) is 4.05. The summed E-state index contributed by atoms with van der Waals surface area (Å²) in [6.45, 7) is 2.22. The van der Waals surface area contributed by atoms with Crippen molar-refractivity contribution in [1.82, 2.24) is 5.16 Å². The molecule has 0 atom stereocenters. The molecule has 1 heterocycles. The predicted octanol–water partition coefficient (Wildman–Crippen LogP) is 4.97. The molecule has 2 rings (SSSR count). The molecule has 0 saturated carbocycles. The zero-order chi connectivity index (χ0) is 15.1. The number of nitrogens with zero attached hydrogens (tertiary/aromatic N) is 1. The fourth-order valence-corrected chi connectivity index (χ4v) is 2.51. The van der Waals surface area contributed by atoms with E-state index in [0.29, 0.717) is 5.88 Å². The molecule has 4 heteroatoms. The summed E-state index contributed by atoms with van der Waals surface area (Å²) in [7, 11) is 0. The third-order valence-corrected chi connectivity index (χ3v) is 3.69. The number of aromatic nitrogens is 1. The van der Waals surface area contributed by atoms with Crippen LogP contribution in [0.25, 0.3) is 11.1 Å². The second kappa shape index (κ2) is 7.81. The maximum Gasteiger partial charge on any atom is 0.230 e. The van der Waals surface area contributed by atoms with E-state index in [9.17, 15) is 4.39 Å². The third kappa shape index (κ3) is 4.31. The first kappa shape index (κ1) is 15.5. The van der Waals surface area contributed by atoms with Gasteiger partial charge >= 0.3 is 0 Å². The van der Waals surface area contributed by atoms with Crippen molar-refractivity contribution in [1.29, 1.82) is 0 Å². The minimum Gasteiger partial charge on any atom is -0.367 e. The van der Waals surface area contributed by atoms with Gasteiger partial charge in [0.15, 0.2) is 0 Å². The summed E-state index contributed by atoms with van der Waals surface area (Å²) >= 11 is 0. The number of nitrogens with two attached hydrogens (primary N) is 1. The lowest BCUT2D eigenvalue weighted by Crippen LogP contribution is -1.92. The van der Waals surface area contributed by atoms with Crippen LogP contribution in [0.4, 0.5) is 10.3 Å². The van der Waals surface area contributed by atoms with Crippen LogP contribution in [0.2, 0.25) is 0 Å². The molecule has 1 aromatic heterocycles. The molecular formula is C17H23FN2O. The van der Waals surface area contributed by atoms with Crippen LogP contribution in [-0.2, 0) is 6.42 Å². The topological polar surface area (TPSA) is 52.0 Å². The maximum atomic E-state index is 13.0. The first-order chi connectivity index (χ1) is 10.2. The Balaban J connectivity index is 1.96. The lowest BCUT2D eigenvalue weighted by Gasteiger charge is -2.03. The Morgan fingerprint density at radius 2 is 1.71 bits per heavy atom. The second-order valence-electron chi connectivity index (χ2n) is 5.39. The van der Waals surface area contributed by atoms with Crippen LogP contribution < -0.4 is 5.73 Å². The van der Waals surface area contributed by atoms with E-state index in [1.807, 2.05) is 0 Å². The Bertz CT molecular complexity index is 548. The van der Waals surface area contributed by atoms with Gasteiger partial charge in [0.2, 0.25) is 5.88 Å². The number of benzene rings is 1. The normalized spacial score (nSPS) is 11.0. The third-order valence-electron chi connectivity index (χ3n) is 3.69. The quantitative estimate of drug-likeness (QED) is 0.699. The molecule has 0 aliphatic rings. The van der Waals surface area contributed by atoms with Gasteiger partial charge in [-0.3, -0.25) is 0 Å². The van der Waals surface area contributed by atoms with E-state index in [0.717, 1.165) is 29.7 Å². The highest BCUT2D eigenvalue weighted by Crippen LogP contribution is 2.30. The van der Waals surface area contributed by atoms with E-state index < -0.39 is 0 Å². The van der Waals surface area contributed by atoms with Crippen LogP contribution in [0.5, 0.6) is 0 Å². The molecule has 0 aliphatic heterocycles. The summed E-state index contributed by atoms with van der Waals surface area (Å²) in [6, 6.07) is 6.28. The molecule has 0 spiro atoms. The van der Waals surface area contributed by atoms with Crippen molar-refractivity contribution in [3.63, 3.8) is 0 Å². The van der Waals surface area contributed by atoms with E-state index in [1.54, 1.807) is 12.1 Å². The average molecular weight is 290 g/mol. The number of unbranched alkanes of at least 4 members (excludes halogenated alkanes) is 5.